The Morgan fingerprint density at radius 2 is 1.82 bits per heavy atom. The Morgan fingerprint density at radius 3 is 2.27 bits per heavy atom. The van der Waals surface area contributed by atoms with Crippen molar-refractivity contribution in [2.75, 3.05) is 0 Å². The number of hydrogen-bond acceptors (Lipinski definition) is 0. The van der Waals surface area contributed by atoms with Crippen molar-refractivity contribution < 1.29 is 5.73 Å². The van der Waals surface area contributed by atoms with Gasteiger partial charge in [0.1, 0.15) is 6.04 Å². The molecule has 0 heterocycles. The highest BCUT2D eigenvalue weighted by atomic mass is 14.6. The number of hydrogen-bond donors (Lipinski definition) is 1. The lowest BCUT2D eigenvalue weighted by Crippen LogP contribution is -2.51. The smallest absolute Gasteiger partial charge is 0.107 e. The summed E-state index contributed by atoms with van der Waals surface area (Å²) < 4.78 is 0. The van der Waals surface area contributed by atoms with Gasteiger partial charge >= 0.3 is 0 Å². The fourth-order valence-corrected chi connectivity index (χ4v) is 1.07. The third-order valence-corrected chi connectivity index (χ3v) is 2.10. The van der Waals surface area contributed by atoms with Gasteiger partial charge in [-0.2, -0.15) is 0 Å². The average molecular weight is 150 g/mol. The molecule has 1 rings (SSSR count). The van der Waals surface area contributed by atoms with Crippen molar-refractivity contribution in [2.24, 2.45) is 0 Å². The van der Waals surface area contributed by atoms with Crippen LogP contribution in [0.2, 0.25) is 0 Å². The standard InChI is InChI=1S/C10H15N/c1-7-4-5-10(9(3)11)6-8(7)2/h4-6,9H,11H2,1-3H3/p+1/t9-/m0/s1. The topological polar surface area (TPSA) is 27.6 Å². The van der Waals surface area contributed by atoms with Gasteiger partial charge in [0.2, 0.25) is 0 Å². The van der Waals surface area contributed by atoms with Crippen molar-refractivity contribution in [1.82, 2.24) is 0 Å². The highest BCUT2D eigenvalue weighted by Gasteiger charge is 2.02. The second kappa shape index (κ2) is 3.05. The average Bonchev–Trinajstić information content (AvgIpc) is 1.94. The second-order valence-corrected chi connectivity index (χ2v) is 3.24. The van der Waals surface area contributed by atoms with E-state index in [1.807, 2.05) is 0 Å². The molecule has 1 heteroatoms. The van der Waals surface area contributed by atoms with E-state index < -0.39 is 0 Å². The van der Waals surface area contributed by atoms with Crippen LogP contribution in [-0.4, -0.2) is 0 Å². The first-order valence-corrected chi connectivity index (χ1v) is 4.01. The van der Waals surface area contributed by atoms with E-state index in [9.17, 15) is 0 Å². The zero-order valence-corrected chi connectivity index (χ0v) is 7.52. The minimum absolute atomic E-state index is 0.397. The summed E-state index contributed by atoms with van der Waals surface area (Å²) in [5, 5.41) is 0. The van der Waals surface area contributed by atoms with Crippen LogP contribution in [0.5, 0.6) is 0 Å². The van der Waals surface area contributed by atoms with Crippen LogP contribution >= 0.6 is 0 Å². The van der Waals surface area contributed by atoms with Crippen molar-refractivity contribution in [1.29, 1.82) is 0 Å². The molecule has 0 radical (unpaired) electrons. The molecule has 1 nitrogen and oxygen atoms in total. The largest absolute Gasteiger partial charge is 0.352 e. The summed E-state index contributed by atoms with van der Waals surface area (Å²) >= 11 is 0. The molecule has 0 unspecified atom stereocenters. The van der Waals surface area contributed by atoms with Crippen LogP contribution in [0.1, 0.15) is 29.7 Å². The molecule has 0 spiro atoms. The fourth-order valence-electron chi connectivity index (χ4n) is 1.07. The molecule has 0 aliphatic rings. The van der Waals surface area contributed by atoms with Gasteiger partial charge in [-0.3, -0.25) is 0 Å². The number of quaternary nitrogens is 1. The van der Waals surface area contributed by atoms with Gasteiger partial charge in [0.25, 0.3) is 0 Å². The zero-order valence-electron chi connectivity index (χ0n) is 7.52. The van der Waals surface area contributed by atoms with E-state index in [-0.39, 0.29) is 0 Å². The molecule has 1 atom stereocenters. The predicted molar refractivity (Wildman–Crippen MR) is 47.2 cm³/mol. The van der Waals surface area contributed by atoms with Crippen LogP contribution in [0.3, 0.4) is 0 Å². The Hall–Kier alpha value is -0.820. The van der Waals surface area contributed by atoms with E-state index in [0.717, 1.165) is 0 Å². The Bertz CT molecular complexity index is 251. The first kappa shape index (κ1) is 8.28. The third kappa shape index (κ3) is 1.81. The van der Waals surface area contributed by atoms with Crippen LogP contribution in [0.4, 0.5) is 0 Å². The molecular weight excluding hydrogens is 134 g/mol. The monoisotopic (exact) mass is 150 g/mol. The van der Waals surface area contributed by atoms with Crippen molar-refractivity contribution in [2.45, 2.75) is 26.8 Å². The van der Waals surface area contributed by atoms with Gasteiger partial charge in [-0.05, 0) is 38.0 Å². The van der Waals surface area contributed by atoms with E-state index in [4.69, 9.17) is 0 Å². The molecule has 11 heavy (non-hydrogen) atoms. The van der Waals surface area contributed by atoms with Gasteiger partial charge < -0.3 is 5.73 Å². The van der Waals surface area contributed by atoms with Crippen molar-refractivity contribution >= 4 is 0 Å². The van der Waals surface area contributed by atoms with Gasteiger partial charge in [-0.1, -0.05) is 12.1 Å². The summed E-state index contributed by atoms with van der Waals surface area (Å²) in [6, 6.07) is 6.92. The fraction of sp³-hybridized carbons (Fsp3) is 0.400. The van der Waals surface area contributed by atoms with E-state index >= 15 is 0 Å². The highest BCUT2D eigenvalue weighted by molar-refractivity contribution is 5.30. The van der Waals surface area contributed by atoms with Gasteiger partial charge in [-0.25, -0.2) is 0 Å². The molecule has 0 bridgehead atoms. The van der Waals surface area contributed by atoms with E-state index in [1.165, 1.54) is 16.7 Å². The minimum Gasteiger partial charge on any atom is -0.352 e. The van der Waals surface area contributed by atoms with Crippen LogP contribution in [0, 0.1) is 13.8 Å². The molecule has 1 aromatic carbocycles. The SMILES string of the molecule is Cc1ccc([C@H](C)[NH3+])cc1C. The Labute approximate surface area is 68.2 Å². The van der Waals surface area contributed by atoms with Gasteiger partial charge in [0.15, 0.2) is 0 Å². The first-order chi connectivity index (χ1) is 5.11. The first-order valence-electron chi connectivity index (χ1n) is 4.01. The van der Waals surface area contributed by atoms with E-state index in [2.05, 4.69) is 44.7 Å². The van der Waals surface area contributed by atoms with Crippen molar-refractivity contribution in [3.8, 4) is 0 Å². The van der Waals surface area contributed by atoms with Gasteiger partial charge in [0, 0.05) is 5.56 Å². The molecule has 0 aliphatic heterocycles. The molecule has 1 aromatic rings. The maximum Gasteiger partial charge on any atom is 0.107 e. The van der Waals surface area contributed by atoms with Crippen molar-refractivity contribution in [3.05, 3.63) is 34.9 Å². The Morgan fingerprint density at radius 1 is 1.18 bits per heavy atom. The summed E-state index contributed by atoms with van der Waals surface area (Å²) in [5.41, 5.74) is 8.02. The summed E-state index contributed by atoms with van der Waals surface area (Å²) in [6.45, 7) is 6.39. The summed E-state index contributed by atoms with van der Waals surface area (Å²) in [6.07, 6.45) is 0. The molecule has 0 aromatic heterocycles. The number of benzene rings is 1. The van der Waals surface area contributed by atoms with E-state index in [1.54, 1.807) is 0 Å². The Balaban J connectivity index is 3.05. The molecular formula is C10H16N+. The van der Waals surface area contributed by atoms with Crippen molar-refractivity contribution in [3.63, 3.8) is 0 Å². The lowest BCUT2D eigenvalue weighted by Gasteiger charge is -2.05. The van der Waals surface area contributed by atoms with Crippen LogP contribution in [0.15, 0.2) is 18.2 Å². The van der Waals surface area contributed by atoms with Gasteiger partial charge in [0.05, 0.1) is 0 Å². The van der Waals surface area contributed by atoms with Crippen LogP contribution in [0.25, 0.3) is 0 Å². The van der Waals surface area contributed by atoms with E-state index in [0.29, 0.717) is 6.04 Å². The Kier molecular flexibility index (Phi) is 2.30. The quantitative estimate of drug-likeness (QED) is 0.630. The number of rotatable bonds is 1. The second-order valence-electron chi connectivity index (χ2n) is 3.24. The summed E-state index contributed by atoms with van der Waals surface area (Å²) in [5.74, 6) is 0. The highest BCUT2D eigenvalue weighted by Crippen LogP contribution is 2.13. The lowest BCUT2D eigenvalue weighted by atomic mass is 10.0. The van der Waals surface area contributed by atoms with Crippen LogP contribution in [-0.2, 0) is 0 Å². The number of aryl methyl sites for hydroxylation is 2. The molecule has 0 saturated carbocycles. The summed E-state index contributed by atoms with van der Waals surface area (Å²) in [7, 11) is 0. The molecule has 0 fully saturated rings. The molecule has 60 valence electrons. The minimum atomic E-state index is 0.397. The molecule has 0 saturated heterocycles. The van der Waals surface area contributed by atoms with Gasteiger partial charge in [-0.15, -0.1) is 0 Å². The summed E-state index contributed by atoms with van der Waals surface area (Å²) in [4.78, 5) is 0. The predicted octanol–water partition coefficient (Wildman–Crippen LogP) is 1.61. The molecule has 0 aliphatic carbocycles. The van der Waals surface area contributed by atoms with Crippen LogP contribution < -0.4 is 5.73 Å². The molecule has 0 amide bonds. The molecule has 3 N–H and O–H groups in total. The maximum absolute atomic E-state index is 3.98. The normalized spacial score (nSPS) is 13.1. The third-order valence-electron chi connectivity index (χ3n) is 2.10. The maximum atomic E-state index is 3.98. The zero-order chi connectivity index (χ0) is 8.43. The lowest BCUT2D eigenvalue weighted by molar-refractivity contribution is -0.420.